The number of hydrogen-bond donors (Lipinski definition) is 0. The second-order valence-corrected chi connectivity index (χ2v) is 5.02. The quantitative estimate of drug-likeness (QED) is 0.781. The Balaban J connectivity index is 0.00000106. The van der Waals surface area contributed by atoms with Crippen LogP contribution in [0.4, 0.5) is 4.39 Å². The minimum atomic E-state index is -0.880. The average Bonchev–Trinajstić information content (AvgIpc) is 2.52. The predicted molar refractivity (Wildman–Crippen MR) is 79.7 cm³/mol. The number of rotatable bonds is 2. The Hall–Kier alpha value is -1.71. The zero-order valence-corrected chi connectivity index (χ0v) is 13.2. The number of carbonyl (C=O) groups is 2. The number of halogens is 1. The molecule has 21 heavy (non-hydrogen) atoms. The number of benzene rings is 1. The van der Waals surface area contributed by atoms with Gasteiger partial charge in [0.1, 0.15) is 11.6 Å². The summed E-state index contributed by atoms with van der Waals surface area (Å²) >= 11 is 0. The third kappa shape index (κ3) is 3.31. The molecule has 4 heteroatoms. The first-order chi connectivity index (χ1) is 10.0. The van der Waals surface area contributed by atoms with Gasteiger partial charge in [0, 0.05) is 12.8 Å². The van der Waals surface area contributed by atoms with E-state index in [1.54, 1.807) is 19.1 Å². The molecule has 1 saturated carbocycles. The van der Waals surface area contributed by atoms with Crippen molar-refractivity contribution in [3.63, 3.8) is 0 Å². The predicted octanol–water partition coefficient (Wildman–Crippen LogP) is 3.71. The normalized spacial score (nSPS) is 16.7. The molecule has 1 aromatic rings. The summed E-state index contributed by atoms with van der Waals surface area (Å²) < 4.78 is 18.6. The fraction of sp³-hybridized carbons (Fsp3) is 0.529. The maximum Gasteiger partial charge on any atom is 0.316 e. The van der Waals surface area contributed by atoms with Crippen molar-refractivity contribution in [2.45, 2.75) is 51.9 Å². The van der Waals surface area contributed by atoms with E-state index in [0.717, 1.165) is 0 Å². The van der Waals surface area contributed by atoms with Gasteiger partial charge in [0.15, 0.2) is 0 Å². The second kappa shape index (κ2) is 7.34. The van der Waals surface area contributed by atoms with Crippen molar-refractivity contribution < 1.29 is 18.7 Å². The van der Waals surface area contributed by atoms with Crippen molar-refractivity contribution in [1.29, 1.82) is 0 Å². The zero-order valence-electron chi connectivity index (χ0n) is 13.2. The molecular weight excluding hydrogens is 271 g/mol. The van der Waals surface area contributed by atoms with E-state index in [1.165, 1.54) is 13.2 Å². The van der Waals surface area contributed by atoms with Crippen LogP contribution in [-0.4, -0.2) is 18.9 Å². The van der Waals surface area contributed by atoms with E-state index in [0.29, 0.717) is 36.8 Å². The highest BCUT2D eigenvalue weighted by Gasteiger charge is 2.45. The Morgan fingerprint density at radius 2 is 1.81 bits per heavy atom. The number of ether oxygens (including phenoxy) is 1. The molecule has 3 nitrogen and oxygen atoms in total. The van der Waals surface area contributed by atoms with E-state index < -0.39 is 5.41 Å². The highest BCUT2D eigenvalue weighted by atomic mass is 19.1. The van der Waals surface area contributed by atoms with Crippen molar-refractivity contribution >= 4 is 11.8 Å². The SMILES string of the molecule is CC.COC(=O)C1(c2cccc(F)c2C)CCC(=O)CC1. The Labute approximate surface area is 125 Å². The largest absolute Gasteiger partial charge is 0.468 e. The smallest absolute Gasteiger partial charge is 0.316 e. The molecule has 0 atom stereocenters. The van der Waals surface area contributed by atoms with Gasteiger partial charge in [0.05, 0.1) is 12.5 Å². The van der Waals surface area contributed by atoms with Crippen LogP contribution in [0.15, 0.2) is 18.2 Å². The Bertz CT molecular complexity index is 513. The van der Waals surface area contributed by atoms with Gasteiger partial charge in [-0.05, 0) is 37.0 Å². The van der Waals surface area contributed by atoms with E-state index in [2.05, 4.69) is 0 Å². The average molecular weight is 294 g/mol. The van der Waals surface area contributed by atoms with Gasteiger partial charge in [-0.2, -0.15) is 0 Å². The number of esters is 1. The lowest BCUT2D eigenvalue weighted by Crippen LogP contribution is -2.41. The Morgan fingerprint density at radius 1 is 1.24 bits per heavy atom. The molecule has 1 aromatic carbocycles. The lowest BCUT2D eigenvalue weighted by atomic mass is 9.68. The maximum atomic E-state index is 13.7. The molecular formula is C17H23FO3. The van der Waals surface area contributed by atoms with Crippen molar-refractivity contribution in [3.8, 4) is 0 Å². The van der Waals surface area contributed by atoms with Crippen molar-refractivity contribution in [2.75, 3.05) is 7.11 Å². The van der Waals surface area contributed by atoms with Gasteiger partial charge in [0.25, 0.3) is 0 Å². The monoisotopic (exact) mass is 294 g/mol. The third-order valence-electron chi connectivity index (χ3n) is 4.02. The number of hydrogen-bond acceptors (Lipinski definition) is 3. The molecule has 0 heterocycles. The molecule has 0 bridgehead atoms. The van der Waals surface area contributed by atoms with Gasteiger partial charge >= 0.3 is 5.97 Å². The summed E-state index contributed by atoms with van der Waals surface area (Å²) in [5.41, 5.74) is 0.226. The lowest BCUT2D eigenvalue weighted by Gasteiger charge is -2.35. The zero-order chi connectivity index (χ0) is 16.0. The van der Waals surface area contributed by atoms with Gasteiger partial charge in [-0.3, -0.25) is 9.59 Å². The first-order valence-electron chi connectivity index (χ1n) is 7.37. The standard InChI is InChI=1S/C15H17FO3.C2H6/c1-10-12(4-3-5-13(10)16)15(14(18)19-2)8-6-11(17)7-9-15;1-2/h3-5H,6-9H2,1-2H3;1-2H3. The Kier molecular flexibility index (Phi) is 6.06. The van der Waals surface area contributed by atoms with Crippen LogP contribution in [0.25, 0.3) is 0 Å². The molecule has 0 radical (unpaired) electrons. The third-order valence-corrected chi connectivity index (χ3v) is 4.02. The van der Waals surface area contributed by atoms with Crippen LogP contribution in [0, 0.1) is 12.7 Å². The van der Waals surface area contributed by atoms with E-state index in [1.807, 2.05) is 13.8 Å². The summed E-state index contributed by atoms with van der Waals surface area (Å²) in [6, 6.07) is 4.72. The first-order valence-corrected chi connectivity index (χ1v) is 7.37. The van der Waals surface area contributed by atoms with Crippen LogP contribution >= 0.6 is 0 Å². The van der Waals surface area contributed by atoms with Gasteiger partial charge in [-0.1, -0.05) is 26.0 Å². The summed E-state index contributed by atoms with van der Waals surface area (Å²) in [6.07, 6.45) is 1.46. The summed E-state index contributed by atoms with van der Waals surface area (Å²) in [7, 11) is 1.33. The lowest BCUT2D eigenvalue weighted by molar-refractivity contribution is -0.149. The Morgan fingerprint density at radius 3 is 2.33 bits per heavy atom. The van der Waals surface area contributed by atoms with Crippen molar-refractivity contribution in [2.24, 2.45) is 0 Å². The van der Waals surface area contributed by atoms with Crippen molar-refractivity contribution in [1.82, 2.24) is 0 Å². The molecule has 0 unspecified atom stereocenters. The van der Waals surface area contributed by atoms with Gasteiger partial charge < -0.3 is 4.74 Å². The molecule has 1 aliphatic carbocycles. The fourth-order valence-electron chi connectivity index (χ4n) is 2.86. The van der Waals surface area contributed by atoms with Crippen LogP contribution < -0.4 is 0 Å². The highest BCUT2D eigenvalue weighted by Crippen LogP contribution is 2.41. The van der Waals surface area contributed by atoms with Crippen molar-refractivity contribution in [3.05, 3.63) is 35.1 Å². The van der Waals surface area contributed by atoms with Crippen LogP contribution in [0.5, 0.6) is 0 Å². The fourth-order valence-corrected chi connectivity index (χ4v) is 2.86. The van der Waals surface area contributed by atoms with Crippen LogP contribution in [0.3, 0.4) is 0 Å². The molecule has 0 N–H and O–H groups in total. The summed E-state index contributed by atoms with van der Waals surface area (Å²) in [5, 5.41) is 0. The number of ketones is 1. The van der Waals surface area contributed by atoms with E-state index >= 15 is 0 Å². The first kappa shape index (κ1) is 17.3. The molecule has 116 valence electrons. The second-order valence-electron chi connectivity index (χ2n) is 5.02. The minimum Gasteiger partial charge on any atom is -0.468 e. The van der Waals surface area contributed by atoms with Crippen LogP contribution in [0.2, 0.25) is 0 Å². The van der Waals surface area contributed by atoms with Crippen LogP contribution in [0.1, 0.15) is 50.7 Å². The molecule has 2 rings (SSSR count). The molecule has 0 saturated heterocycles. The van der Waals surface area contributed by atoms with Gasteiger partial charge in [0.2, 0.25) is 0 Å². The molecule has 1 fully saturated rings. The van der Waals surface area contributed by atoms with E-state index in [9.17, 15) is 14.0 Å². The van der Waals surface area contributed by atoms with E-state index in [4.69, 9.17) is 4.74 Å². The molecule has 0 aliphatic heterocycles. The number of methoxy groups -OCH3 is 1. The minimum absolute atomic E-state index is 0.147. The summed E-state index contributed by atoms with van der Waals surface area (Å²) in [6.45, 7) is 5.66. The van der Waals surface area contributed by atoms with Gasteiger partial charge in [-0.25, -0.2) is 4.39 Å². The maximum absolute atomic E-state index is 13.7. The number of carbonyl (C=O) groups excluding carboxylic acids is 2. The highest BCUT2D eigenvalue weighted by molar-refractivity contribution is 5.88. The number of Topliss-reactive ketones (excluding diaryl/α,β-unsaturated/α-hetero) is 1. The summed E-state index contributed by atoms with van der Waals surface area (Å²) in [4.78, 5) is 23.6. The molecule has 0 amide bonds. The molecule has 0 aromatic heterocycles. The van der Waals surface area contributed by atoms with E-state index in [-0.39, 0.29) is 17.6 Å². The topological polar surface area (TPSA) is 43.4 Å². The van der Waals surface area contributed by atoms with Gasteiger partial charge in [-0.15, -0.1) is 0 Å². The molecule has 0 spiro atoms. The molecule has 1 aliphatic rings. The van der Waals surface area contributed by atoms with Crippen LogP contribution in [-0.2, 0) is 19.7 Å². The summed E-state index contributed by atoms with van der Waals surface area (Å²) in [5.74, 6) is -0.569.